The van der Waals surface area contributed by atoms with Crippen molar-refractivity contribution < 1.29 is 18.3 Å². The quantitative estimate of drug-likeness (QED) is 0.900. The lowest BCUT2D eigenvalue weighted by Gasteiger charge is -2.22. The molecule has 3 rings (SSSR count). The van der Waals surface area contributed by atoms with E-state index in [4.69, 9.17) is 4.74 Å². The molecule has 1 aliphatic rings. The number of rotatable bonds is 4. The van der Waals surface area contributed by atoms with Crippen LogP contribution in [0.1, 0.15) is 19.3 Å². The van der Waals surface area contributed by atoms with Crippen LogP contribution in [0, 0.1) is 11.6 Å². The van der Waals surface area contributed by atoms with Crippen molar-refractivity contribution in [3.63, 3.8) is 0 Å². The molecule has 0 unspecified atom stereocenters. The number of aromatic nitrogens is 1. The highest BCUT2D eigenvalue weighted by molar-refractivity contribution is 5.89. The zero-order valence-electron chi connectivity index (χ0n) is 12.8. The Balaban J connectivity index is 1.60. The molecule has 2 N–H and O–H groups in total. The fourth-order valence-corrected chi connectivity index (χ4v) is 2.77. The van der Waals surface area contributed by atoms with Gasteiger partial charge in [-0.3, -0.25) is 4.98 Å². The molecule has 1 heterocycles. The second kappa shape index (κ2) is 7.25. The second-order valence-corrected chi connectivity index (χ2v) is 5.63. The Morgan fingerprint density at radius 3 is 2.54 bits per heavy atom. The summed E-state index contributed by atoms with van der Waals surface area (Å²) < 4.78 is 32.2. The molecule has 24 heavy (non-hydrogen) atoms. The van der Waals surface area contributed by atoms with E-state index in [1.54, 1.807) is 24.5 Å². The Kier molecular flexibility index (Phi) is 4.88. The lowest BCUT2D eigenvalue weighted by molar-refractivity contribution is 0.174. The van der Waals surface area contributed by atoms with Crippen molar-refractivity contribution in [3.05, 3.63) is 54.4 Å². The van der Waals surface area contributed by atoms with Crippen LogP contribution < -0.4 is 15.4 Å². The first kappa shape index (κ1) is 16.2. The number of hydrogen-bond donors (Lipinski definition) is 2. The summed E-state index contributed by atoms with van der Waals surface area (Å²) in [5, 5.41) is 5.55. The van der Waals surface area contributed by atoms with E-state index in [9.17, 15) is 13.6 Å². The number of nitrogens with zero attached hydrogens (tertiary/aromatic N) is 1. The van der Waals surface area contributed by atoms with Crippen molar-refractivity contribution in [2.45, 2.75) is 31.4 Å². The first-order valence-corrected chi connectivity index (χ1v) is 7.70. The van der Waals surface area contributed by atoms with Crippen LogP contribution in [0.2, 0.25) is 0 Å². The summed E-state index contributed by atoms with van der Waals surface area (Å²) in [4.78, 5) is 15.9. The number of anilines is 1. The smallest absolute Gasteiger partial charge is 0.319 e. The van der Waals surface area contributed by atoms with Gasteiger partial charge in [0.1, 0.15) is 23.5 Å². The van der Waals surface area contributed by atoms with E-state index in [0.29, 0.717) is 12.1 Å². The van der Waals surface area contributed by atoms with Crippen LogP contribution in [0.25, 0.3) is 0 Å². The lowest BCUT2D eigenvalue weighted by Crippen LogP contribution is -2.44. The molecule has 0 radical (unpaired) electrons. The van der Waals surface area contributed by atoms with Gasteiger partial charge in [0.15, 0.2) is 0 Å². The fourth-order valence-electron chi connectivity index (χ4n) is 2.77. The van der Waals surface area contributed by atoms with E-state index >= 15 is 0 Å². The average molecular weight is 333 g/mol. The van der Waals surface area contributed by atoms with Gasteiger partial charge < -0.3 is 15.4 Å². The lowest BCUT2D eigenvalue weighted by atomic mass is 10.2. The van der Waals surface area contributed by atoms with Crippen molar-refractivity contribution in [3.8, 4) is 5.75 Å². The Hall–Kier alpha value is -2.70. The molecule has 1 aromatic heterocycles. The molecule has 1 aliphatic carbocycles. The molecule has 0 spiro atoms. The van der Waals surface area contributed by atoms with Crippen LogP contribution in [0.5, 0.6) is 5.75 Å². The minimum atomic E-state index is -0.692. The molecule has 7 heteroatoms. The van der Waals surface area contributed by atoms with Crippen LogP contribution >= 0.6 is 0 Å². The summed E-state index contributed by atoms with van der Waals surface area (Å²) in [5.74, 6) is -1.26. The zero-order chi connectivity index (χ0) is 16.9. The number of benzene rings is 1. The summed E-state index contributed by atoms with van der Waals surface area (Å²) >= 11 is 0. The SMILES string of the molecule is O=C(Nc1ccncc1)N[C@H]1CCC[C@H]1Oc1cc(F)cc(F)c1. The highest BCUT2D eigenvalue weighted by Crippen LogP contribution is 2.26. The van der Waals surface area contributed by atoms with E-state index < -0.39 is 11.6 Å². The number of carbonyl (C=O) groups excluding carboxylic acids is 1. The van der Waals surface area contributed by atoms with Crippen molar-refractivity contribution in [2.24, 2.45) is 0 Å². The zero-order valence-corrected chi connectivity index (χ0v) is 12.8. The Morgan fingerprint density at radius 1 is 1.12 bits per heavy atom. The third kappa shape index (κ3) is 4.18. The highest BCUT2D eigenvalue weighted by atomic mass is 19.1. The van der Waals surface area contributed by atoms with Crippen molar-refractivity contribution in [1.29, 1.82) is 0 Å². The van der Waals surface area contributed by atoms with E-state index in [1.165, 1.54) is 0 Å². The van der Waals surface area contributed by atoms with Gasteiger partial charge in [0.2, 0.25) is 0 Å². The summed E-state index contributed by atoms with van der Waals surface area (Å²) in [6, 6.07) is 5.84. The first-order chi connectivity index (χ1) is 11.6. The average Bonchev–Trinajstić information content (AvgIpc) is 2.94. The predicted octanol–water partition coefficient (Wildman–Crippen LogP) is 3.48. The maximum atomic E-state index is 13.2. The summed E-state index contributed by atoms with van der Waals surface area (Å²) in [5.41, 5.74) is 0.630. The predicted molar refractivity (Wildman–Crippen MR) is 84.8 cm³/mol. The van der Waals surface area contributed by atoms with Crippen LogP contribution in [0.4, 0.5) is 19.3 Å². The minimum absolute atomic E-state index is 0.126. The van der Waals surface area contributed by atoms with Crippen LogP contribution in [-0.4, -0.2) is 23.2 Å². The Morgan fingerprint density at radius 2 is 1.83 bits per heavy atom. The Labute approximate surface area is 138 Å². The molecule has 0 aliphatic heterocycles. The molecule has 5 nitrogen and oxygen atoms in total. The van der Waals surface area contributed by atoms with Crippen molar-refractivity contribution in [1.82, 2.24) is 10.3 Å². The van der Waals surface area contributed by atoms with E-state index in [-0.39, 0.29) is 23.9 Å². The number of halogens is 2. The summed E-state index contributed by atoms with van der Waals surface area (Å²) in [6.07, 6.45) is 5.15. The van der Waals surface area contributed by atoms with Gasteiger partial charge in [-0.25, -0.2) is 13.6 Å². The maximum absolute atomic E-state index is 13.2. The molecule has 126 valence electrons. The van der Waals surface area contributed by atoms with Gasteiger partial charge in [-0.05, 0) is 31.4 Å². The van der Waals surface area contributed by atoms with Crippen molar-refractivity contribution >= 4 is 11.7 Å². The van der Waals surface area contributed by atoms with E-state index in [0.717, 1.165) is 31.0 Å². The molecular formula is C17H17F2N3O2. The summed E-state index contributed by atoms with van der Waals surface area (Å²) in [6.45, 7) is 0. The topological polar surface area (TPSA) is 63.2 Å². The minimum Gasteiger partial charge on any atom is -0.488 e. The van der Waals surface area contributed by atoms with Gasteiger partial charge >= 0.3 is 6.03 Å². The van der Waals surface area contributed by atoms with Gasteiger partial charge in [0.05, 0.1) is 6.04 Å². The van der Waals surface area contributed by atoms with E-state index in [1.807, 2.05) is 0 Å². The molecule has 1 aromatic carbocycles. The highest BCUT2D eigenvalue weighted by Gasteiger charge is 2.30. The summed E-state index contributed by atoms with van der Waals surface area (Å²) in [7, 11) is 0. The molecule has 0 bridgehead atoms. The molecule has 1 saturated carbocycles. The molecule has 1 fully saturated rings. The van der Waals surface area contributed by atoms with Gasteiger partial charge in [-0.1, -0.05) is 0 Å². The number of ether oxygens (including phenoxy) is 1. The number of urea groups is 1. The third-order valence-corrected chi connectivity index (χ3v) is 3.83. The van der Waals surface area contributed by atoms with Crippen LogP contribution in [0.3, 0.4) is 0 Å². The number of carbonyl (C=O) groups is 1. The molecular weight excluding hydrogens is 316 g/mol. The molecule has 2 atom stereocenters. The van der Waals surface area contributed by atoms with E-state index in [2.05, 4.69) is 15.6 Å². The number of hydrogen-bond acceptors (Lipinski definition) is 3. The molecule has 2 amide bonds. The van der Waals surface area contributed by atoms with Crippen LogP contribution in [0.15, 0.2) is 42.7 Å². The standard InChI is InChI=1S/C17H17F2N3O2/c18-11-8-12(19)10-14(9-11)24-16-3-1-2-15(16)22-17(23)21-13-4-6-20-7-5-13/h4-10,15-16H,1-3H2,(H2,20,21,22,23)/t15-,16+/m0/s1. The Bertz CT molecular complexity index is 692. The fraction of sp³-hybridized carbons (Fsp3) is 0.294. The second-order valence-electron chi connectivity index (χ2n) is 5.63. The first-order valence-electron chi connectivity index (χ1n) is 7.70. The molecule has 2 aromatic rings. The normalized spacial score (nSPS) is 19.8. The van der Waals surface area contributed by atoms with Gasteiger partial charge in [-0.15, -0.1) is 0 Å². The number of pyridine rings is 1. The number of nitrogens with one attached hydrogen (secondary N) is 2. The van der Waals surface area contributed by atoms with Gasteiger partial charge in [0, 0.05) is 36.3 Å². The number of amides is 2. The monoisotopic (exact) mass is 333 g/mol. The van der Waals surface area contributed by atoms with Gasteiger partial charge in [-0.2, -0.15) is 0 Å². The van der Waals surface area contributed by atoms with Crippen LogP contribution in [-0.2, 0) is 0 Å². The molecule has 0 saturated heterocycles. The van der Waals surface area contributed by atoms with Crippen molar-refractivity contribution in [2.75, 3.05) is 5.32 Å². The van der Waals surface area contributed by atoms with Gasteiger partial charge in [0.25, 0.3) is 0 Å². The maximum Gasteiger partial charge on any atom is 0.319 e. The third-order valence-electron chi connectivity index (χ3n) is 3.83. The largest absolute Gasteiger partial charge is 0.488 e.